The average molecular weight is 293 g/mol. The lowest BCUT2D eigenvalue weighted by molar-refractivity contribution is -0.0120. The zero-order valence-electron chi connectivity index (χ0n) is 14.2. The second kappa shape index (κ2) is 6.97. The van der Waals surface area contributed by atoms with Crippen LogP contribution < -0.4 is 5.32 Å². The number of piperazine rings is 1. The molecule has 3 heteroatoms. The molecular formula is C18H35N3. The Morgan fingerprint density at radius 3 is 2.52 bits per heavy atom. The highest BCUT2D eigenvalue weighted by molar-refractivity contribution is 5.00. The fourth-order valence-corrected chi connectivity index (χ4v) is 5.03. The highest BCUT2D eigenvalue weighted by Gasteiger charge is 2.42. The molecule has 1 N–H and O–H groups in total. The van der Waals surface area contributed by atoms with Gasteiger partial charge in [0.15, 0.2) is 0 Å². The van der Waals surface area contributed by atoms with E-state index in [2.05, 4.69) is 29.0 Å². The smallest absolute Gasteiger partial charge is 0.0337 e. The van der Waals surface area contributed by atoms with Gasteiger partial charge in [-0.3, -0.25) is 4.90 Å². The Labute approximate surface area is 131 Å². The van der Waals surface area contributed by atoms with Gasteiger partial charge < -0.3 is 10.2 Å². The quantitative estimate of drug-likeness (QED) is 0.844. The molecule has 1 spiro atoms. The summed E-state index contributed by atoms with van der Waals surface area (Å²) < 4.78 is 0. The van der Waals surface area contributed by atoms with E-state index in [4.69, 9.17) is 0 Å². The molecule has 1 atom stereocenters. The van der Waals surface area contributed by atoms with Gasteiger partial charge in [-0.1, -0.05) is 19.3 Å². The minimum absolute atomic E-state index is 0.508. The number of nitrogens with zero attached hydrogens (tertiary/aromatic N) is 2. The minimum Gasteiger partial charge on any atom is -0.314 e. The third-order valence-corrected chi connectivity index (χ3v) is 6.28. The van der Waals surface area contributed by atoms with Crippen LogP contribution in [0.1, 0.15) is 65.2 Å². The highest BCUT2D eigenvalue weighted by atomic mass is 15.3. The molecular weight excluding hydrogens is 258 g/mol. The Morgan fingerprint density at radius 1 is 0.952 bits per heavy atom. The van der Waals surface area contributed by atoms with E-state index in [0.29, 0.717) is 5.54 Å². The van der Waals surface area contributed by atoms with Crippen molar-refractivity contribution >= 4 is 0 Å². The molecule has 3 rings (SSSR count). The Kier molecular flexibility index (Phi) is 5.23. The van der Waals surface area contributed by atoms with Gasteiger partial charge in [-0.25, -0.2) is 0 Å². The van der Waals surface area contributed by atoms with Crippen molar-refractivity contribution in [3.8, 4) is 0 Å². The van der Waals surface area contributed by atoms with Crippen molar-refractivity contribution in [3.63, 3.8) is 0 Å². The van der Waals surface area contributed by atoms with Crippen molar-refractivity contribution in [2.45, 2.75) is 82.8 Å². The second-order valence-electron chi connectivity index (χ2n) is 7.87. The first-order valence-electron chi connectivity index (χ1n) is 9.43. The predicted molar refractivity (Wildman–Crippen MR) is 89.7 cm³/mol. The normalized spacial score (nSPS) is 32.4. The molecule has 3 aliphatic rings. The van der Waals surface area contributed by atoms with Gasteiger partial charge in [0.25, 0.3) is 0 Å². The molecule has 1 saturated carbocycles. The maximum atomic E-state index is 3.70. The standard InChI is InChI=1S/C18H35N3/c1-16(2)20-12-6-7-17(8-13-20)21-14-11-19-15-18(21)9-4-3-5-10-18/h16-17,19H,3-15H2,1-2H3. The van der Waals surface area contributed by atoms with Crippen molar-refractivity contribution in [2.24, 2.45) is 0 Å². The first-order chi connectivity index (χ1) is 10.2. The van der Waals surface area contributed by atoms with E-state index in [1.54, 1.807) is 0 Å². The molecule has 0 amide bonds. The number of nitrogens with one attached hydrogen (secondary N) is 1. The van der Waals surface area contributed by atoms with E-state index in [-0.39, 0.29) is 0 Å². The summed E-state index contributed by atoms with van der Waals surface area (Å²) in [5, 5.41) is 3.70. The maximum absolute atomic E-state index is 3.70. The molecule has 3 fully saturated rings. The van der Waals surface area contributed by atoms with Crippen LogP contribution in [0, 0.1) is 0 Å². The van der Waals surface area contributed by atoms with Gasteiger partial charge in [0.05, 0.1) is 0 Å². The highest BCUT2D eigenvalue weighted by Crippen LogP contribution is 2.37. The van der Waals surface area contributed by atoms with E-state index in [1.165, 1.54) is 84.1 Å². The fraction of sp³-hybridized carbons (Fsp3) is 1.00. The van der Waals surface area contributed by atoms with Crippen LogP contribution in [0.3, 0.4) is 0 Å². The Morgan fingerprint density at radius 2 is 1.76 bits per heavy atom. The summed E-state index contributed by atoms with van der Waals surface area (Å²) in [6.45, 7) is 11.1. The molecule has 0 aromatic rings. The van der Waals surface area contributed by atoms with Gasteiger partial charge in [0.2, 0.25) is 0 Å². The van der Waals surface area contributed by atoms with Crippen LogP contribution in [0.15, 0.2) is 0 Å². The number of likely N-dealkylation sites (tertiary alicyclic amines) is 1. The fourth-order valence-electron chi connectivity index (χ4n) is 5.03. The minimum atomic E-state index is 0.508. The van der Waals surface area contributed by atoms with Crippen LogP contribution in [-0.4, -0.2) is 60.1 Å². The maximum Gasteiger partial charge on any atom is 0.0337 e. The van der Waals surface area contributed by atoms with Crippen LogP contribution in [0.5, 0.6) is 0 Å². The van der Waals surface area contributed by atoms with Gasteiger partial charge in [0.1, 0.15) is 0 Å². The third kappa shape index (κ3) is 3.46. The van der Waals surface area contributed by atoms with Crippen LogP contribution in [0.2, 0.25) is 0 Å². The Hall–Kier alpha value is -0.120. The van der Waals surface area contributed by atoms with Gasteiger partial charge >= 0.3 is 0 Å². The Bertz CT molecular complexity index is 314. The summed E-state index contributed by atoms with van der Waals surface area (Å²) in [7, 11) is 0. The lowest BCUT2D eigenvalue weighted by Crippen LogP contribution is -2.64. The molecule has 122 valence electrons. The molecule has 0 aromatic heterocycles. The lowest BCUT2D eigenvalue weighted by Gasteiger charge is -2.53. The van der Waals surface area contributed by atoms with E-state index < -0.39 is 0 Å². The SMILES string of the molecule is CC(C)N1CCCC(N2CCNCC23CCCCC3)CC1. The lowest BCUT2D eigenvalue weighted by atomic mass is 9.77. The van der Waals surface area contributed by atoms with Crippen molar-refractivity contribution < 1.29 is 0 Å². The summed E-state index contributed by atoms with van der Waals surface area (Å²) in [6.07, 6.45) is 11.4. The first kappa shape index (κ1) is 15.8. The van der Waals surface area contributed by atoms with Crippen LogP contribution in [0.25, 0.3) is 0 Å². The van der Waals surface area contributed by atoms with Gasteiger partial charge in [0, 0.05) is 37.3 Å². The van der Waals surface area contributed by atoms with E-state index in [1.807, 2.05) is 0 Å². The molecule has 2 aliphatic heterocycles. The van der Waals surface area contributed by atoms with Crippen molar-refractivity contribution in [2.75, 3.05) is 32.7 Å². The van der Waals surface area contributed by atoms with E-state index in [9.17, 15) is 0 Å². The average Bonchev–Trinajstić information content (AvgIpc) is 2.74. The summed E-state index contributed by atoms with van der Waals surface area (Å²) >= 11 is 0. The zero-order valence-corrected chi connectivity index (χ0v) is 14.2. The Balaban J connectivity index is 1.68. The number of rotatable bonds is 2. The summed E-state index contributed by atoms with van der Waals surface area (Å²) in [5.41, 5.74) is 0.508. The first-order valence-corrected chi connectivity index (χ1v) is 9.43. The molecule has 1 unspecified atom stereocenters. The molecule has 0 radical (unpaired) electrons. The summed E-state index contributed by atoms with van der Waals surface area (Å²) in [5.74, 6) is 0. The summed E-state index contributed by atoms with van der Waals surface area (Å²) in [6, 6.07) is 1.56. The number of hydrogen-bond donors (Lipinski definition) is 1. The van der Waals surface area contributed by atoms with Crippen molar-refractivity contribution in [1.82, 2.24) is 15.1 Å². The molecule has 1 aliphatic carbocycles. The van der Waals surface area contributed by atoms with Gasteiger partial charge in [-0.2, -0.15) is 0 Å². The number of hydrogen-bond acceptors (Lipinski definition) is 3. The van der Waals surface area contributed by atoms with Crippen molar-refractivity contribution in [1.29, 1.82) is 0 Å². The topological polar surface area (TPSA) is 18.5 Å². The van der Waals surface area contributed by atoms with Crippen LogP contribution >= 0.6 is 0 Å². The second-order valence-corrected chi connectivity index (χ2v) is 7.87. The molecule has 0 aromatic carbocycles. The van der Waals surface area contributed by atoms with Crippen LogP contribution in [0.4, 0.5) is 0 Å². The molecule has 0 bridgehead atoms. The molecule has 3 nitrogen and oxygen atoms in total. The van der Waals surface area contributed by atoms with Gasteiger partial charge in [-0.05, 0) is 59.0 Å². The molecule has 2 saturated heterocycles. The molecule has 21 heavy (non-hydrogen) atoms. The third-order valence-electron chi connectivity index (χ3n) is 6.28. The van der Waals surface area contributed by atoms with Crippen LogP contribution in [-0.2, 0) is 0 Å². The van der Waals surface area contributed by atoms with Crippen molar-refractivity contribution in [3.05, 3.63) is 0 Å². The largest absolute Gasteiger partial charge is 0.314 e. The predicted octanol–water partition coefficient (Wildman–Crippen LogP) is 2.86. The zero-order chi connectivity index (χ0) is 14.7. The van der Waals surface area contributed by atoms with E-state index >= 15 is 0 Å². The van der Waals surface area contributed by atoms with Gasteiger partial charge in [-0.15, -0.1) is 0 Å². The monoisotopic (exact) mass is 293 g/mol. The summed E-state index contributed by atoms with van der Waals surface area (Å²) in [4.78, 5) is 5.65. The molecule has 2 heterocycles. The van der Waals surface area contributed by atoms with E-state index in [0.717, 1.165) is 12.1 Å².